The third-order valence-corrected chi connectivity index (χ3v) is 7.37. The Kier molecular flexibility index (Phi) is 6.12. The number of benzene rings is 2. The Morgan fingerprint density at radius 3 is 2.80 bits per heavy atom. The molecule has 0 aliphatic carbocycles. The number of imidazole rings is 1. The Labute approximate surface area is 180 Å². The van der Waals surface area contributed by atoms with E-state index in [1.165, 1.54) is 10.6 Å². The summed E-state index contributed by atoms with van der Waals surface area (Å²) in [6.45, 7) is 0.830. The van der Waals surface area contributed by atoms with E-state index in [1.54, 1.807) is 17.8 Å². The van der Waals surface area contributed by atoms with Crippen LogP contribution in [0.5, 0.6) is 0 Å². The molecule has 1 aromatic heterocycles. The van der Waals surface area contributed by atoms with Crippen LogP contribution >= 0.6 is 11.8 Å². The predicted molar refractivity (Wildman–Crippen MR) is 119 cm³/mol. The molecule has 1 saturated heterocycles. The van der Waals surface area contributed by atoms with Crippen molar-refractivity contribution in [2.24, 2.45) is 0 Å². The minimum absolute atomic E-state index is 0.170. The molecular formula is C21H24N4O3S2. The van der Waals surface area contributed by atoms with Crippen molar-refractivity contribution in [1.29, 1.82) is 0 Å². The summed E-state index contributed by atoms with van der Waals surface area (Å²) in [5.74, 6) is 0.431. The summed E-state index contributed by atoms with van der Waals surface area (Å²) in [4.78, 5) is 20.8. The van der Waals surface area contributed by atoms with Crippen LogP contribution in [0.2, 0.25) is 0 Å². The van der Waals surface area contributed by atoms with Crippen molar-refractivity contribution in [1.82, 2.24) is 19.6 Å². The second kappa shape index (κ2) is 8.79. The van der Waals surface area contributed by atoms with Gasteiger partial charge in [-0.2, -0.15) is 0 Å². The molecule has 1 aliphatic heterocycles. The highest BCUT2D eigenvalue weighted by atomic mass is 32.2. The molecule has 3 aromatic rings. The van der Waals surface area contributed by atoms with Crippen LogP contribution in [-0.2, 0) is 15.8 Å². The maximum absolute atomic E-state index is 12.9. The fourth-order valence-electron chi connectivity index (χ4n) is 3.64. The Bertz CT molecular complexity index is 1130. The lowest BCUT2D eigenvalue weighted by molar-refractivity contribution is 0.0920. The minimum Gasteiger partial charge on any atom is -0.348 e. The van der Waals surface area contributed by atoms with Gasteiger partial charge in [0.2, 0.25) is 10.0 Å². The summed E-state index contributed by atoms with van der Waals surface area (Å²) < 4.78 is 25.1. The summed E-state index contributed by atoms with van der Waals surface area (Å²) in [6, 6.07) is 15.2. The number of nitrogens with zero attached hydrogens (tertiary/aromatic N) is 2. The zero-order valence-corrected chi connectivity index (χ0v) is 18.3. The third-order valence-electron chi connectivity index (χ3n) is 5.18. The molecular weight excluding hydrogens is 420 g/mol. The van der Waals surface area contributed by atoms with Gasteiger partial charge in [0.25, 0.3) is 5.91 Å². The highest BCUT2D eigenvalue weighted by Crippen LogP contribution is 2.25. The lowest BCUT2D eigenvalue weighted by atomic mass is 10.0. The molecule has 1 fully saturated rings. The molecule has 9 heteroatoms. The van der Waals surface area contributed by atoms with Crippen molar-refractivity contribution in [3.05, 3.63) is 59.7 Å². The van der Waals surface area contributed by atoms with Crippen LogP contribution in [0.15, 0.2) is 53.7 Å². The van der Waals surface area contributed by atoms with Crippen LogP contribution in [0.25, 0.3) is 11.0 Å². The van der Waals surface area contributed by atoms with E-state index in [9.17, 15) is 13.2 Å². The van der Waals surface area contributed by atoms with E-state index in [1.807, 2.05) is 42.5 Å². The van der Waals surface area contributed by atoms with Gasteiger partial charge < -0.3 is 10.3 Å². The number of rotatable bonds is 6. The van der Waals surface area contributed by atoms with Crippen LogP contribution in [0, 0.1) is 0 Å². The van der Waals surface area contributed by atoms with Gasteiger partial charge >= 0.3 is 0 Å². The lowest BCUT2D eigenvalue weighted by Gasteiger charge is -2.31. The van der Waals surface area contributed by atoms with Gasteiger partial charge in [-0.25, -0.2) is 17.7 Å². The van der Waals surface area contributed by atoms with E-state index in [2.05, 4.69) is 15.3 Å². The zero-order chi connectivity index (χ0) is 21.1. The highest BCUT2D eigenvalue weighted by Gasteiger charge is 2.27. The van der Waals surface area contributed by atoms with Crippen molar-refractivity contribution in [2.45, 2.75) is 29.8 Å². The largest absolute Gasteiger partial charge is 0.348 e. The Morgan fingerprint density at radius 1 is 1.23 bits per heavy atom. The molecule has 1 unspecified atom stereocenters. The highest BCUT2D eigenvalue weighted by molar-refractivity contribution is 7.98. The van der Waals surface area contributed by atoms with Crippen molar-refractivity contribution in [2.75, 3.05) is 19.3 Å². The molecule has 158 valence electrons. The molecule has 1 atom stereocenters. The van der Waals surface area contributed by atoms with Gasteiger partial charge in [0.15, 0.2) is 5.16 Å². The maximum Gasteiger partial charge on any atom is 0.251 e. The van der Waals surface area contributed by atoms with E-state index in [0.717, 1.165) is 34.6 Å². The average molecular weight is 445 g/mol. The summed E-state index contributed by atoms with van der Waals surface area (Å²) in [5.41, 5.74) is 3.42. The fourth-order valence-corrected chi connectivity index (χ4v) is 5.44. The molecule has 0 saturated carbocycles. The minimum atomic E-state index is -3.25. The number of thioether (sulfide) groups is 1. The van der Waals surface area contributed by atoms with E-state index in [0.29, 0.717) is 24.4 Å². The Balaban J connectivity index is 1.44. The Morgan fingerprint density at radius 2 is 2.00 bits per heavy atom. The Hall–Kier alpha value is -2.36. The quantitative estimate of drug-likeness (QED) is 0.570. The molecule has 7 nitrogen and oxygen atoms in total. The SMILES string of the molecule is CS(=O)(=O)N1CCCC(NC(=O)c2ccccc2CSc2nc3ccccc3[nH]2)C1. The fraction of sp³-hybridized carbons (Fsp3) is 0.333. The monoisotopic (exact) mass is 444 g/mol. The molecule has 30 heavy (non-hydrogen) atoms. The zero-order valence-electron chi connectivity index (χ0n) is 16.7. The summed E-state index contributed by atoms with van der Waals surface area (Å²) in [5, 5.41) is 3.83. The molecule has 1 aliphatic rings. The first-order valence-corrected chi connectivity index (χ1v) is 12.6. The first kappa shape index (κ1) is 20.9. The van der Waals surface area contributed by atoms with Crippen LogP contribution < -0.4 is 5.32 Å². The number of aromatic nitrogens is 2. The van der Waals surface area contributed by atoms with Crippen molar-refractivity contribution >= 4 is 38.7 Å². The van der Waals surface area contributed by atoms with Crippen LogP contribution in [0.4, 0.5) is 0 Å². The van der Waals surface area contributed by atoms with Crippen LogP contribution in [-0.4, -0.2) is 54.0 Å². The number of amides is 1. The number of piperidine rings is 1. The number of aromatic amines is 1. The van der Waals surface area contributed by atoms with E-state index >= 15 is 0 Å². The van der Waals surface area contributed by atoms with Crippen molar-refractivity contribution in [3.63, 3.8) is 0 Å². The average Bonchev–Trinajstić information content (AvgIpc) is 3.15. The second-order valence-corrected chi connectivity index (χ2v) is 10.4. The molecule has 1 amide bonds. The number of nitrogens with one attached hydrogen (secondary N) is 2. The maximum atomic E-state index is 12.9. The lowest BCUT2D eigenvalue weighted by Crippen LogP contribution is -2.49. The molecule has 0 spiro atoms. The molecule has 2 N–H and O–H groups in total. The van der Waals surface area contributed by atoms with Crippen LogP contribution in [0.1, 0.15) is 28.8 Å². The number of carbonyl (C=O) groups excluding carboxylic acids is 1. The topological polar surface area (TPSA) is 95.2 Å². The first-order valence-electron chi connectivity index (χ1n) is 9.81. The first-order chi connectivity index (χ1) is 14.4. The number of para-hydroxylation sites is 2. The summed E-state index contributed by atoms with van der Waals surface area (Å²) in [7, 11) is -3.25. The predicted octanol–water partition coefficient (Wildman–Crippen LogP) is 3.01. The molecule has 0 radical (unpaired) electrons. The van der Waals surface area contributed by atoms with E-state index in [-0.39, 0.29) is 11.9 Å². The van der Waals surface area contributed by atoms with Crippen molar-refractivity contribution in [3.8, 4) is 0 Å². The molecule has 2 aromatic carbocycles. The van der Waals surface area contributed by atoms with E-state index in [4.69, 9.17) is 0 Å². The van der Waals surface area contributed by atoms with Gasteiger partial charge in [-0.05, 0) is 36.6 Å². The number of sulfonamides is 1. The van der Waals surface area contributed by atoms with Gasteiger partial charge in [-0.1, -0.05) is 42.1 Å². The molecule has 4 rings (SSSR count). The number of H-pyrrole nitrogens is 1. The van der Waals surface area contributed by atoms with Gasteiger partial charge in [0.1, 0.15) is 0 Å². The number of hydrogen-bond donors (Lipinski definition) is 2. The number of fused-ring (bicyclic) bond motifs is 1. The standard InChI is InChI=1S/C21H24N4O3S2/c1-30(27,28)25-12-6-8-16(13-25)22-20(26)17-9-3-2-7-15(17)14-29-21-23-18-10-4-5-11-19(18)24-21/h2-5,7,9-11,16H,6,8,12-14H2,1H3,(H,22,26)(H,23,24). The molecule has 2 heterocycles. The summed E-state index contributed by atoms with van der Waals surface area (Å²) in [6.07, 6.45) is 2.72. The van der Waals surface area contributed by atoms with Gasteiger partial charge in [0.05, 0.1) is 17.3 Å². The number of carbonyl (C=O) groups is 1. The molecule has 0 bridgehead atoms. The van der Waals surface area contributed by atoms with Gasteiger partial charge in [0, 0.05) is 30.4 Å². The van der Waals surface area contributed by atoms with E-state index < -0.39 is 10.0 Å². The smallest absolute Gasteiger partial charge is 0.251 e. The van der Waals surface area contributed by atoms with Crippen LogP contribution in [0.3, 0.4) is 0 Å². The second-order valence-electron chi connectivity index (χ2n) is 7.44. The van der Waals surface area contributed by atoms with Gasteiger partial charge in [-0.15, -0.1) is 0 Å². The van der Waals surface area contributed by atoms with Crippen molar-refractivity contribution < 1.29 is 13.2 Å². The normalized spacial score (nSPS) is 17.8. The van der Waals surface area contributed by atoms with Gasteiger partial charge in [-0.3, -0.25) is 4.79 Å². The number of hydrogen-bond acceptors (Lipinski definition) is 5. The third kappa shape index (κ3) is 4.85. The summed E-state index contributed by atoms with van der Waals surface area (Å²) >= 11 is 1.55.